The number of fused-ring (bicyclic) bond motifs is 1. The number of aryl methyl sites for hydroxylation is 1. The summed E-state index contributed by atoms with van der Waals surface area (Å²) in [7, 11) is 0. The van der Waals surface area contributed by atoms with Crippen LogP contribution in [0.1, 0.15) is 34.0 Å². The Kier molecular flexibility index (Phi) is 4.84. The molecule has 0 saturated heterocycles. The van der Waals surface area contributed by atoms with E-state index in [9.17, 15) is 9.90 Å². The molecule has 0 aliphatic carbocycles. The fourth-order valence-corrected chi connectivity index (χ4v) is 3.26. The van der Waals surface area contributed by atoms with E-state index in [0.717, 1.165) is 23.2 Å². The molecule has 2 aromatic carbocycles. The van der Waals surface area contributed by atoms with E-state index in [0.29, 0.717) is 18.7 Å². The summed E-state index contributed by atoms with van der Waals surface area (Å²) in [5.41, 5.74) is 3.10. The van der Waals surface area contributed by atoms with E-state index in [1.165, 1.54) is 0 Å². The Labute approximate surface area is 156 Å². The van der Waals surface area contributed by atoms with Gasteiger partial charge in [0.1, 0.15) is 12.1 Å². The van der Waals surface area contributed by atoms with Crippen molar-refractivity contribution in [2.75, 3.05) is 5.32 Å². The van der Waals surface area contributed by atoms with E-state index in [1.807, 2.05) is 54.6 Å². The Balaban J connectivity index is 1.41. The molecule has 7 heteroatoms. The van der Waals surface area contributed by atoms with Crippen LogP contribution in [0.2, 0.25) is 0 Å². The van der Waals surface area contributed by atoms with Gasteiger partial charge in [-0.3, -0.25) is 9.89 Å². The Bertz CT molecular complexity index is 925. The van der Waals surface area contributed by atoms with Crippen LogP contribution in [0.3, 0.4) is 0 Å². The lowest BCUT2D eigenvalue weighted by Gasteiger charge is -2.22. The fraction of sp³-hybridized carbons (Fsp3) is 0.250. The smallest absolute Gasteiger partial charge is 0.291 e. The minimum Gasteiger partial charge on any atom is -0.372 e. The van der Waals surface area contributed by atoms with Crippen molar-refractivity contribution in [3.05, 3.63) is 77.4 Å². The second kappa shape index (κ2) is 7.59. The van der Waals surface area contributed by atoms with Crippen molar-refractivity contribution in [1.82, 2.24) is 20.5 Å². The number of H-pyrrole nitrogens is 1. The van der Waals surface area contributed by atoms with Gasteiger partial charge in [-0.05, 0) is 30.0 Å². The van der Waals surface area contributed by atoms with Crippen molar-refractivity contribution >= 4 is 11.6 Å². The first-order valence-electron chi connectivity index (χ1n) is 8.97. The molecule has 0 saturated carbocycles. The maximum Gasteiger partial charge on any atom is 0.291 e. The van der Waals surface area contributed by atoms with Crippen LogP contribution in [-0.4, -0.2) is 38.5 Å². The van der Waals surface area contributed by atoms with Gasteiger partial charge in [-0.2, -0.15) is 0 Å². The quantitative estimate of drug-likeness (QED) is 0.567. The average molecular weight is 363 g/mol. The van der Waals surface area contributed by atoms with Crippen molar-refractivity contribution in [3.8, 4) is 0 Å². The van der Waals surface area contributed by atoms with Crippen LogP contribution in [0, 0.1) is 0 Å². The molecule has 1 aromatic heterocycles. The first kappa shape index (κ1) is 17.2. The van der Waals surface area contributed by atoms with Crippen LogP contribution in [0.4, 0.5) is 5.69 Å². The molecule has 1 aliphatic rings. The highest BCUT2D eigenvalue weighted by Gasteiger charge is 2.26. The van der Waals surface area contributed by atoms with Crippen LogP contribution in [0.5, 0.6) is 0 Å². The number of aliphatic hydroxyl groups is 1. The van der Waals surface area contributed by atoms with E-state index in [4.69, 9.17) is 0 Å². The Morgan fingerprint density at radius 1 is 1.15 bits per heavy atom. The molecule has 7 nitrogen and oxygen atoms in total. The summed E-state index contributed by atoms with van der Waals surface area (Å²) in [5.74, 6) is 0.301. The standard InChI is InChI=1S/C20H21N5O2/c26-19-16(11-10-14-8-4-5-9-15(14)21-19)22-20(27)18-23-17(24-25-18)12-13-6-2-1-3-7-13/h1-9,16,19,21,26H,10-12H2,(H,22,27)(H,23,24,25)/t16-,19?/m0/s1. The third-order valence-electron chi connectivity index (χ3n) is 4.69. The number of amides is 1. The molecule has 4 rings (SSSR count). The van der Waals surface area contributed by atoms with E-state index in [1.54, 1.807) is 0 Å². The molecule has 2 atom stereocenters. The van der Waals surface area contributed by atoms with E-state index in [2.05, 4.69) is 25.8 Å². The van der Waals surface area contributed by atoms with Gasteiger partial charge in [-0.25, -0.2) is 4.98 Å². The van der Waals surface area contributed by atoms with Gasteiger partial charge in [0.25, 0.3) is 5.91 Å². The Morgan fingerprint density at radius 3 is 2.78 bits per heavy atom. The van der Waals surface area contributed by atoms with Crippen LogP contribution in [0.15, 0.2) is 54.6 Å². The topological polar surface area (TPSA) is 103 Å². The average Bonchev–Trinajstić information content (AvgIpc) is 3.09. The number of nitrogens with zero attached hydrogens (tertiary/aromatic N) is 2. The van der Waals surface area contributed by atoms with Crippen molar-refractivity contribution in [1.29, 1.82) is 0 Å². The highest BCUT2D eigenvalue weighted by atomic mass is 16.3. The SMILES string of the molecule is O=C(N[C@H]1CCc2ccccc2NC1O)c1n[nH]c(Cc2ccccc2)n1. The Morgan fingerprint density at radius 2 is 1.93 bits per heavy atom. The molecule has 2 heterocycles. The molecule has 1 aliphatic heterocycles. The third-order valence-corrected chi connectivity index (χ3v) is 4.69. The number of nitrogens with one attached hydrogen (secondary N) is 3. The van der Waals surface area contributed by atoms with Crippen molar-refractivity contribution < 1.29 is 9.90 Å². The zero-order valence-corrected chi connectivity index (χ0v) is 14.7. The van der Waals surface area contributed by atoms with Crippen LogP contribution in [-0.2, 0) is 12.8 Å². The number of benzene rings is 2. The maximum absolute atomic E-state index is 12.5. The number of para-hydroxylation sites is 1. The minimum atomic E-state index is -0.875. The number of rotatable bonds is 4. The lowest BCUT2D eigenvalue weighted by molar-refractivity contribution is 0.0854. The molecule has 0 fully saturated rings. The van der Waals surface area contributed by atoms with Gasteiger partial charge >= 0.3 is 0 Å². The zero-order valence-electron chi connectivity index (χ0n) is 14.7. The van der Waals surface area contributed by atoms with Crippen molar-refractivity contribution in [2.24, 2.45) is 0 Å². The summed E-state index contributed by atoms with van der Waals surface area (Å²) in [6.45, 7) is 0. The summed E-state index contributed by atoms with van der Waals surface area (Å²) in [6.07, 6.45) is 1.08. The molecule has 0 spiro atoms. The lowest BCUT2D eigenvalue weighted by atomic mass is 10.1. The van der Waals surface area contributed by atoms with Crippen molar-refractivity contribution in [2.45, 2.75) is 31.5 Å². The first-order valence-corrected chi connectivity index (χ1v) is 8.97. The predicted molar refractivity (Wildman–Crippen MR) is 101 cm³/mol. The first-order chi connectivity index (χ1) is 13.2. The highest BCUT2D eigenvalue weighted by Crippen LogP contribution is 2.23. The normalized spacial score (nSPS) is 18.9. The molecule has 0 radical (unpaired) electrons. The van der Waals surface area contributed by atoms with E-state index in [-0.39, 0.29) is 5.82 Å². The second-order valence-electron chi connectivity index (χ2n) is 6.63. The third kappa shape index (κ3) is 3.98. The molecule has 1 unspecified atom stereocenters. The number of carbonyl (C=O) groups is 1. The fourth-order valence-electron chi connectivity index (χ4n) is 3.26. The van der Waals surface area contributed by atoms with Gasteiger partial charge in [0, 0.05) is 12.1 Å². The van der Waals surface area contributed by atoms with Gasteiger partial charge < -0.3 is 15.7 Å². The maximum atomic E-state index is 12.5. The van der Waals surface area contributed by atoms with Gasteiger partial charge in [-0.15, -0.1) is 5.10 Å². The summed E-state index contributed by atoms with van der Waals surface area (Å²) in [5, 5.41) is 23.1. The molecule has 138 valence electrons. The van der Waals surface area contributed by atoms with Crippen LogP contribution < -0.4 is 10.6 Å². The number of hydrogen-bond donors (Lipinski definition) is 4. The molecule has 4 N–H and O–H groups in total. The van der Waals surface area contributed by atoms with Gasteiger partial charge in [0.05, 0.1) is 6.04 Å². The number of anilines is 1. The summed E-state index contributed by atoms with van der Waals surface area (Å²) < 4.78 is 0. The second-order valence-corrected chi connectivity index (χ2v) is 6.63. The molecule has 27 heavy (non-hydrogen) atoms. The van der Waals surface area contributed by atoms with Crippen LogP contribution >= 0.6 is 0 Å². The van der Waals surface area contributed by atoms with E-state index >= 15 is 0 Å². The largest absolute Gasteiger partial charge is 0.372 e. The zero-order chi connectivity index (χ0) is 18.6. The molecule has 0 bridgehead atoms. The predicted octanol–water partition coefficient (Wildman–Crippen LogP) is 1.87. The van der Waals surface area contributed by atoms with Gasteiger partial charge in [0.2, 0.25) is 5.82 Å². The van der Waals surface area contributed by atoms with Crippen molar-refractivity contribution in [3.63, 3.8) is 0 Å². The highest BCUT2D eigenvalue weighted by molar-refractivity contribution is 5.90. The number of carbonyl (C=O) groups excluding carboxylic acids is 1. The Hall–Kier alpha value is -3.19. The number of aliphatic hydroxyl groups excluding tert-OH is 1. The monoisotopic (exact) mass is 363 g/mol. The lowest BCUT2D eigenvalue weighted by Crippen LogP contribution is -2.46. The van der Waals surface area contributed by atoms with Gasteiger partial charge in [-0.1, -0.05) is 48.5 Å². The van der Waals surface area contributed by atoms with Crippen LogP contribution in [0.25, 0.3) is 0 Å². The summed E-state index contributed by atoms with van der Waals surface area (Å²) >= 11 is 0. The molecule has 3 aromatic rings. The summed E-state index contributed by atoms with van der Waals surface area (Å²) in [6, 6.07) is 17.2. The molecule has 1 amide bonds. The minimum absolute atomic E-state index is 0.0786. The number of aromatic nitrogens is 3. The van der Waals surface area contributed by atoms with Gasteiger partial charge in [0.15, 0.2) is 0 Å². The summed E-state index contributed by atoms with van der Waals surface area (Å²) in [4.78, 5) is 16.8. The number of hydrogen-bond acceptors (Lipinski definition) is 5. The molecular formula is C20H21N5O2. The van der Waals surface area contributed by atoms with E-state index < -0.39 is 18.2 Å². The molecular weight excluding hydrogens is 342 g/mol. The number of aromatic amines is 1.